The SMILES string of the molecule is CC(C)(C)c1cnc(C2CC2)cn1.Cc1cc(F)cc(C(C)(C)C)c1.Cc1ccc(C(C)(C)C)nc1.Cc1cccc(C(C)(C)C)n1.Cc1cccnc1C(C)(C)C.Cc1ccnc(C(C)(C)C)c1.Cc1cnc(C(C)(C)C)c(Cl)c1.Cc1cnc(C(C)(C)C)c(F)c1. The number of nitrogens with zero attached hydrogens (tertiary/aromatic N) is 8. The second-order valence-electron chi connectivity index (χ2n) is 33.1. The van der Waals surface area contributed by atoms with Crippen LogP contribution in [0.25, 0.3) is 0 Å². The van der Waals surface area contributed by atoms with Crippen molar-refractivity contribution < 1.29 is 8.78 Å². The summed E-state index contributed by atoms with van der Waals surface area (Å²) in [5.74, 6) is 0.365. The van der Waals surface area contributed by atoms with Crippen LogP contribution in [0.5, 0.6) is 0 Å². The molecule has 0 bridgehead atoms. The van der Waals surface area contributed by atoms with Gasteiger partial charge in [-0.05, 0) is 166 Å². The minimum absolute atomic E-state index is 0.0325. The van der Waals surface area contributed by atoms with E-state index >= 15 is 0 Å². The topological polar surface area (TPSA) is 103 Å². The lowest BCUT2D eigenvalue weighted by Gasteiger charge is -2.19. The molecule has 0 amide bonds. The van der Waals surface area contributed by atoms with Gasteiger partial charge in [0.05, 0.1) is 27.8 Å². The van der Waals surface area contributed by atoms with Crippen molar-refractivity contribution in [3.63, 3.8) is 0 Å². The molecule has 0 saturated heterocycles. The molecule has 9 rings (SSSR count). The van der Waals surface area contributed by atoms with Gasteiger partial charge in [-0.2, -0.15) is 0 Å². The molecule has 8 nitrogen and oxygen atoms in total. The van der Waals surface area contributed by atoms with Gasteiger partial charge in [-0.3, -0.25) is 39.9 Å². The van der Waals surface area contributed by atoms with E-state index in [1.807, 2.05) is 116 Å². The molecule has 0 N–H and O–H groups in total. The summed E-state index contributed by atoms with van der Waals surface area (Å²) >= 11 is 6.05. The zero-order valence-electron chi connectivity index (χ0n) is 63.3. The fourth-order valence-corrected chi connectivity index (χ4v) is 9.25. The molecule has 1 aliphatic carbocycles. The summed E-state index contributed by atoms with van der Waals surface area (Å²) in [6.45, 7) is 65.0. The molecule has 7 heterocycles. The standard InChI is InChI=1S/C11H15F.C11H16N2.C10H14ClN.C10H14FN.4C10H15N/c1-8-5-9(11(2,3)4)7-10(12)6-8;1-11(2,3)10-7-12-9(6-13-10)8-4-5-8;2*1-7-5-8(11)9(12-6-7)10(2,3)4;1-8-5-6-11-9(7-8)10(2,3)4;1-8-5-6-9(11-7-8)10(2,3)4;1-8-6-5-7-11-9(8)10(2,3)4;1-8-6-5-7-9(11-8)10(2,3)4/h5-7H,1-4H3;6-8H,4-5H2,1-3H3;2*5-6H,1-4H3;4*5-7H,1-4H3. The Bertz CT molecular complexity index is 3400. The van der Waals surface area contributed by atoms with Crippen molar-refractivity contribution in [1.29, 1.82) is 0 Å². The van der Waals surface area contributed by atoms with E-state index in [1.54, 1.807) is 18.3 Å². The number of benzene rings is 1. The van der Waals surface area contributed by atoms with Crippen LogP contribution in [0.2, 0.25) is 5.02 Å². The predicted molar refractivity (Wildman–Crippen MR) is 394 cm³/mol. The summed E-state index contributed by atoms with van der Waals surface area (Å²) in [6.07, 6.45) is 15.7. The average molecular weight is 1290 g/mol. The fraction of sp³-hybridized carbons (Fsp3) is 0.512. The Morgan fingerprint density at radius 3 is 1.25 bits per heavy atom. The number of hydrogen-bond acceptors (Lipinski definition) is 8. The van der Waals surface area contributed by atoms with Crippen molar-refractivity contribution in [2.75, 3.05) is 0 Å². The smallest absolute Gasteiger partial charge is 0.145 e. The van der Waals surface area contributed by atoms with Gasteiger partial charge in [-0.25, -0.2) is 8.78 Å². The Labute approximate surface area is 569 Å². The first-order valence-corrected chi connectivity index (χ1v) is 33.3. The molecule has 1 aliphatic rings. The van der Waals surface area contributed by atoms with Crippen LogP contribution in [-0.2, 0) is 43.3 Å². The molecule has 7 aromatic heterocycles. The maximum atomic E-state index is 13.3. The Kier molecular flexibility index (Phi) is 30.7. The van der Waals surface area contributed by atoms with Gasteiger partial charge in [0, 0.05) is 116 Å². The Morgan fingerprint density at radius 2 is 0.871 bits per heavy atom. The zero-order valence-corrected chi connectivity index (χ0v) is 64.1. The molecule has 0 spiro atoms. The second kappa shape index (κ2) is 34.7. The van der Waals surface area contributed by atoms with Crippen LogP contribution in [-0.4, -0.2) is 39.9 Å². The molecule has 1 saturated carbocycles. The van der Waals surface area contributed by atoms with E-state index in [-0.39, 0.29) is 55.0 Å². The molecular weight excluding hydrogens is 1170 g/mol. The van der Waals surface area contributed by atoms with Crippen molar-refractivity contribution >= 4 is 11.6 Å². The summed E-state index contributed by atoms with van der Waals surface area (Å²) in [6, 6.07) is 27.3. The van der Waals surface area contributed by atoms with Crippen LogP contribution in [0.3, 0.4) is 0 Å². The van der Waals surface area contributed by atoms with Crippen molar-refractivity contribution in [1.82, 2.24) is 39.9 Å². The lowest BCUT2D eigenvalue weighted by molar-refractivity contribution is 0.502. The highest BCUT2D eigenvalue weighted by molar-refractivity contribution is 6.31. The molecule has 8 aromatic rings. The number of hydrogen-bond donors (Lipinski definition) is 0. The first kappa shape index (κ1) is 82.4. The Morgan fingerprint density at radius 1 is 0.355 bits per heavy atom. The summed E-state index contributed by atoms with van der Waals surface area (Å²) in [4.78, 5) is 34.7. The highest BCUT2D eigenvalue weighted by Crippen LogP contribution is 2.39. The molecule has 0 radical (unpaired) electrons. The molecule has 508 valence electrons. The van der Waals surface area contributed by atoms with Crippen molar-refractivity contribution in [3.8, 4) is 0 Å². The quantitative estimate of drug-likeness (QED) is 0.160. The van der Waals surface area contributed by atoms with Crippen LogP contribution in [0.4, 0.5) is 8.78 Å². The van der Waals surface area contributed by atoms with E-state index in [0.717, 1.165) is 61.4 Å². The van der Waals surface area contributed by atoms with E-state index in [9.17, 15) is 8.78 Å². The number of halogens is 3. The van der Waals surface area contributed by atoms with E-state index in [1.165, 1.54) is 47.0 Å². The van der Waals surface area contributed by atoms with Crippen LogP contribution < -0.4 is 0 Å². The highest BCUT2D eigenvalue weighted by atomic mass is 35.5. The van der Waals surface area contributed by atoms with Crippen LogP contribution >= 0.6 is 11.6 Å². The van der Waals surface area contributed by atoms with Crippen molar-refractivity contribution in [2.45, 2.75) is 277 Å². The van der Waals surface area contributed by atoms with Crippen molar-refractivity contribution in [3.05, 3.63) is 235 Å². The third kappa shape index (κ3) is 31.4. The average Bonchev–Trinajstić information content (AvgIpc) is 2.00. The van der Waals surface area contributed by atoms with Crippen LogP contribution in [0, 0.1) is 60.1 Å². The largest absolute Gasteiger partial charge is 0.261 e. The van der Waals surface area contributed by atoms with E-state index < -0.39 is 0 Å². The number of aromatic nitrogens is 8. The summed E-state index contributed by atoms with van der Waals surface area (Å²) in [5.41, 5.74) is 18.0. The number of aryl methyl sites for hydroxylation is 7. The molecule has 11 heteroatoms. The first-order valence-electron chi connectivity index (χ1n) is 32.9. The molecule has 1 aromatic carbocycles. The summed E-state index contributed by atoms with van der Waals surface area (Å²) in [5, 5.41) is 0.766. The Balaban J connectivity index is 0.000000362. The normalized spacial score (nSPS) is 12.5. The Hall–Kier alpha value is -6.65. The van der Waals surface area contributed by atoms with Gasteiger partial charge in [0.25, 0.3) is 0 Å². The molecular formula is C82H119ClF2N8. The molecule has 0 aliphatic heterocycles. The maximum absolute atomic E-state index is 13.3. The van der Waals surface area contributed by atoms with Gasteiger partial charge in [0.2, 0.25) is 0 Å². The number of pyridine rings is 6. The van der Waals surface area contributed by atoms with Gasteiger partial charge < -0.3 is 0 Å². The molecule has 0 atom stereocenters. The van der Waals surface area contributed by atoms with Gasteiger partial charge in [0.15, 0.2) is 0 Å². The lowest BCUT2D eigenvalue weighted by Crippen LogP contribution is -2.15. The van der Waals surface area contributed by atoms with Gasteiger partial charge in [0.1, 0.15) is 11.6 Å². The van der Waals surface area contributed by atoms with Gasteiger partial charge in [-0.15, -0.1) is 0 Å². The molecule has 93 heavy (non-hydrogen) atoms. The number of rotatable bonds is 1. The fourth-order valence-electron chi connectivity index (χ4n) is 8.74. The maximum Gasteiger partial charge on any atom is 0.145 e. The van der Waals surface area contributed by atoms with E-state index in [2.05, 4.69) is 242 Å². The van der Waals surface area contributed by atoms with Gasteiger partial charge >= 0.3 is 0 Å². The van der Waals surface area contributed by atoms with Crippen LogP contribution in [0.1, 0.15) is 275 Å². The van der Waals surface area contributed by atoms with E-state index in [4.69, 9.17) is 11.6 Å². The summed E-state index contributed by atoms with van der Waals surface area (Å²) < 4.78 is 26.2. The highest BCUT2D eigenvalue weighted by Gasteiger charge is 2.27. The first-order chi connectivity index (χ1) is 42.3. The molecule has 1 fully saturated rings. The predicted octanol–water partition coefficient (Wildman–Crippen LogP) is 23.0. The second-order valence-corrected chi connectivity index (χ2v) is 33.5. The summed E-state index contributed by atoms with van der Waals surface area (Å²) in [7, 11) is 0. The van der Waals surface area contributed by atoms with Crippen LogP contribution in [0.15, 0.2) is 128 Å². The van der Waals surface area contributed by atoms with Crippen molar-refractivity contribution in [2.24, 2.45) is 0 Å². The van der Waals surface area contributed by atoms with Gasteiger partial charge in [-0.1, -0.05) is 202 Å². The third-order valence-electron chi connectivity index (χ3n) is 14.5. The lowest BCUT2D eigenvalue weighted by atomic mass is 9.86. The third-order valence-corrected chi connectivity index (χ3v) is 14.7. The zero-order chi connectivity index (χ0) is 71.5. The molecule has 0 unspecified atom stereocenters. The minimum atomic E-state index is -0.211. The monoisotopic (exact) mass is 1290 g/mol. The van der Waals surface area contributed by atoms with E-state index in [0.29, 0.717) is 11.6 Å². The minimum Gasteiger partial charge on any atom is -0.261 e.